The Bertz CT molecular complexity index is 747. The first kappa shape index (κ1) is 20.2. The normalized spacial score (nSPS) is 13.1. The van der Waals surface area contributed by atoms with Crippen molar-refractivity contribution in [1.29, 1.82) is 0 Å². The highest BCUT2D eigenvalue weighted by Gasteiger charge is 2.13. The predicted molar refractivity (Wildman–Crippen MR) is 107 cm³/mol. The number of benzene rings is 2. The summed E-state index contributed by atoms with van der Waals surface area (Å²) in [5, 5.41) is 12.7. The number of aliphatic hydroxyl groups is 1. The maximum Gasteiger partial charge on any atom is 0.246 e. The molecule has 138 valence electrons. The zero-order valence-corrected chi connectivity index (χ0v) is 15.5. The molecule has 0 saturated carbocycles. The highest BCUT2D eigenvalue weighted by atomic mass is 35.5. The maximum atomic E-state index is 12.6. The van der Waals surface area contributed by atoms with Crippen LogP contribution >= 0.6 is 12.4 Å². The molecular formula is C21H25ClN2O2. The van der Waals surface area contributed by atoms with Gasteiger partial charge in [0, 0.05) is 25.7 Å². The Kier molecular flexibility index (Phi) is 7.85. The van der Waals surface area contributed by atoms with Crippen LogP contribution in [0.3, 0.4) is 0 Å². The molecular weight excluding hydrogens is 348 g/mol. The summed E-state index contributed by atoms with van der Waals surface area (Å²) < 4.78 is 0. The molecule has 3 rings (SSSR count). The van der Waals surface area contributed by atoms with Crippen LogP contribution in [0.25, 0.3) is 6.08 Å². The molecule has 1 heterocycles. The molecule has 4 nitrogen and oxygen atoms in total. The molecule has 0 atom stereocenters. The van der Waals surface area contributed by atoms with Crippen molar-refractivity contribution in [1.82, 2.24) is 10.2 Å². The Labute approximate surface area is 160 Å². The zero-order chi connectivity index (χ0) is 17.5. The van der Waals surface area contributed by atoms with E-state index >= 15 is 0 Å². The Morgan fingerprint density at radius 1 is 1.15 bits per heavy atom. The summed E-state index contributed by atoms with van der Waals surface area (Å²) in [4.78, 5) is 14.3. The number of hydrogen-bond donors (Lipinski definition) is 2. The van der Waals surface area contributed by atoms with Crippen LogP contribution in [0.5, 0.6) is 0 Å². The molecule has 2 aromatic carbocycles. The lowest BCUT2D eigenvalue weighted by atomic mass is 9.95. The average Bonchev–Trinajstić information content (AvgIpc) is 2.66. The van der Waals surface area contributed by atoms with Crippen molar-refractivity contribution in [2.75, 3.05) is 19.7 Å². The summed E-state index contributed by atoms with van der Waals surface area (Å²) in [6, 6.07) is 16.1. The lowest BCUT2D eigenvalue weighted by Crippen LogP contribution is -2.31. The highest BCUT2D eigenvalue weighted by Crippen LogP contribution is 2.20. The average molecular weight is 373 g/mol. The number of hydrogen-bond acceptors (Lipinski definition) is 3. The molecule has 1 amide bonds. The highest BCUT2D eigenvalue weighted by molar-refractivity contribution is 5.92. The number of carbonyl (C=O) groups is 1. The van der Waals surface area contributed by atoms with Gasteiger partial charge >= 0.3 is 0 Å². The van der Waals surface area contributed by atoms with Crippen LogP contribution < -0.4 is 5.32 Å². The Morgan fingerprint density at radius 3 is 2.73 bits per heavy atom. The molecule has 0 saturated heterocycles. The Morgan fingerprint density at radius 2 is 1.96 bits per heavy atom. The first-order chi connectivity index (χ1) is 12.3. The lowest BCUT2D eigenvalue weighted by molar-refractivity contribution is -0.127. The van der Waals surface area contributed by atoms with E-state index in [1.807, 2.05) is 42.5 Å². The number of halogens is 1. The van der Waals surface area contributed by atoms with E-state index in [9.17, 15) is 9.90 Å². The van der Waals surface area contributed by atoms with Crippen molar-refractivity contribution in [3.8, 4) is 0 Å². The van der Waals surface area contributed by atoms with Gasteiger partial charge in [-0.3, -0.25) is 4.79 Å². The first-order valence-electron chi connectivity index (χ1n) is 8.71. The van der Waals surface area contributed by atoms with Gasteiger partial charge in [-0.25, -0.2) is 0 Å². The van der Waals surface area contributed by atoms with Crippen LogP contribution in [-0.2, 0) is 24.3 Å². The second kappa shape index (κ2) is 10.1. The summed E-state index contributed by atoms with van der Waals surface area (Å²) in [5.41, 5.74) is 4.79. The van der Waals surface area contributed by atoms with Gasteiger partial charge in [0.2, 0.25) is 5.91 Å². The molecule has 5 heteroatoms. The summed E-state index contributed by atoms with van der Waals surface area (Å²) in [6.07, 6.45) is 4.51. The minimum atomic E-state index is -0.0792. The van der Waals surface area contributed by atoms with Crippen LogP contribution in [0.4, 0.5) is 0 Å². The number of nitrogens with one attached hydrogen (secondary N) is 1. The molecule has 0 aliphatic carbocycles. The summed E-state index contributed by atoms with van der Waals surface area (Å²) in [5.74, 6) is -0.0792. The van der Waals surface area contributed by atoms with Crippen LogP contribution in [0.2, 0.25) is 0 Å². The number of aliphatic hydroxyl groups excluding tert-OH is 1. The monoisotopic (exact) mass is 372 g/mol. The number of rotatable bonds is 6. The van der Waals surface area contributed by atoms with E-state index in [0.29, 0.717) is 13.1 Å². The Hall–Kier alpha value is -2.14. The Balaban J connectivity index is 0.00000243. The van der Waals surface area contributed by atoms with Crippen molar-refractivity contribution in [3.63, 3.8) is 0 Å². The van der Waals surface area contributed by atoms with Gasteiger partial charge in [0.05, 0.1) is 6.61 Å². The quantitative estimate of drug-likeness (QED) is 0.767. The molecule has 1 aliphatic rings. The third-order valence-corrected chi connectivity index (χ3v) is 4.48. The van der Waals surface area contributed by atoms with Gasteiger partial charge in [-0.1, -0.05) is 48.5 Å². The van der Waals surface area contributed by atoms with Crippen LogP contribution in [0.15, 0.2) is 54.6 Å². The molecule has 1 aliphatic heterocycles. The number of fused-ring (bicyclic) bond motifs is 1. The molecule has 0 fully saturated rings. The third-order valence-electron chi connectivity index (χ3n) is 4.48. The fourth-order valence-corrected chi connectivity index (χ4v) is 3.18. The fraction of sp³-hybridized carbons (Fsp3) is 0.286. The number of carbonyl (C=O) groups excluding carboxylic acids is 1. The maximum absolute atomic E-state index is 12.6. The molecule has 0 aromatic heterocycles. The van der Waals surface area contributed by atoms with E-state index in [2.05, 4.69) is 17.4 Å². The summed E-state index contributed by atoms with van der Waals surface area (Å²) in [6.45, 7) is 2.64. The summed E-state index contributed by atoms with van der Waals surface area (Å²) in [7, 11) is 0. The topological polar surface area (TPSA) is 52.6 Å². The van der Waals surface area contributed by atoms with Gasteiger partial charge in [-0.2, -0.15) is 0 Å². The van der Waals surface area contributed by atoms with E-state index < -0.39 is 0 Å². The minimum absolute atomic E-state index is 0. The first-order valence-corrected chi connectivity index (χ1v) is 8.71. The van der Waals surface area contributed by atoms with Gasteiger partial charge in [-0.15, -0.1) is 12.4 Å². The van der Waals surface area contributed by atoms with Crippen molar-refractivity contribution in [2.24, 2.45) is 0 Å². The van der Waals surface area contributed by atoms with E-state index in [4.69, 9.17) is 0 Å². The van der Waals surface area contributed by atoms with E-state index in [0.717, 1.165) is 30.6 Å². The zero-order valence-electron chi connectivity index (χ0n) is 14.7. The van der Waals surface area contributed by atoms with E-state index in [1.165, 1.54) is 11.1 Å². The smallest absolute Gasteiger partial charge is 0.246 e. The molecule has 0 bridgehead atoms. The van der Waals surface area contributed by atoms with Crippen LogP contribution in [0, 0.1) is 0 Å². The second-order valence-electron chi connectivity index (χ2n) is 6.21. The molecule has 0 spiro atoms. The van der Waals surface area contributed by atoms with Gasteiger partial charge in [0.15, 0.2) is 0 Å². The number of amides is 1. The van der Waals surface area contributed by atoms with Gasteiger partial charge in [0.1, 0.15) is 0 Å². The standard InChI is InChI=1S/C21H24N2O2.ClH/c24-14-13-23(16-17-5-2-1-3-6-17)21(25)10-9-18-7-4-8-19-15-22-12-11-20(18)19;/h1-10,22,24H,11-16H2;1H. The third kappa shape index (κ3) is 5.18. The van der Waals surface area contributed by atoms with Gasteiger partial charge < -0.3 is 15.3 Å². The van der Waals surface area contributed by atoms with Crippen molar-refractivity contribution in [3.05, 3.63) is 76.9 Å². The molecule has 2 N–H and O–H groups in total. The van der Waals surface area contributed by atoms with Crippen molar-refractivity contribution in [2.45, 2.75) is 19.5 Å². The fourth-order valence-electron chi connectivity index (χ4n) is 3.18. The van der Waals surface area contributed by atoms with Crippen LogP contribution in [0.1, 0.15) is 22.3 Å². The molecule has 2 aromatic rings. The van der Waals surface area contributed by atoms with Crippen molar-refractivity contribution >= 4 is 24.4 Å². The van der Waals surface area contributed by atoms with Crippen LogP contribution in [-0.4, -0.2) is 35.6 Å². The summed E-state index contributed by atoms with van der Waals surface area (Å²) >= 11 is 0. The second-order valence-corrected chi connectivity index (χ2v) is 6.21. The largest absolute Gasteiger partial charge is 0.395 e. The molecule has 0 radical (unpaired) electrons. The van der Waals surface area contributed by atoms with E-state index in [-0.39, 0.29) is 24.9 Å². The van der Waals surface area contributed by atoms with Gasteiger partial charge in [0.25, 0.3) is 0 Å². The lowest BCUT2D eigenvalue weighted by Gasteiger charge is -2.21. The van der Waals surface area contributed by atoms with E-state index in [1.54, 1.807) is 11.0 Å². The SMILES string of the molecule is Cl.O=C(C=Cc1cccc2c1CCNC2)N(CCO)Cc1ccccc1. The van der Waals surface area contributed by atoms with Crippen molar-refractivity contribution < 1.29 is 9.90 Å². The minimum Gasteiger partial charge on any atom is -0.395 e. The predicted octanol–water partition coefficient (Wildman–Crippen LogP) is 2.79. The number of nitrogens with zero attached hydrogens (tertiary/aromatic N) is 1. The molecule has 26 heavy (non-hydrogen) atoms. The molecule has 0 unspecified atom stereocenters. The van der Waals surface area contributed by atoms with Gasteiger partial charge in [-0.05, 0) is 41.3 Å².